The van der Waals surface area contributed by atoms with Crippen molar-refractivity contribution in [2.75, 3.05) is 0 Å². The van der Waals surface area contributed by atoms with Gasteiger partial charge in [0.05, 0.1) is 5.56 Å². The Morgan fingerprint density at radius 3 is 2.29 bits per heavy atom. The van der Waals surface area contributed by atoms with Crippen LogP contribution in [0.4, 0.5) is 8.78 Å². The number of amides is 1. The molecular weight excluding hydrogens is 368 g/mol. The van der Waals surface area contributed by atoms with E-state index in [1.807, 2.05) is 0 Å². The monoisotopic (exact) mass is 393 g/mol. The molecule has 4 fully saturated rings. The normalized spacial score (nSPS) is 31.5. The first-order valence-corrected chi connectivity index (χ1v) is 9.90. The molecule has 0 aliphatic heterocycles. The van der Waals surface area contributed by atoms with Gasteiger partial charge in [0.25, 0.3) is 5.91 Å². The summed E-state index contributed by atoms with van der Waals surface area (Å²) in [5.41, 5.74) is -0.0926. The van der Waals surface area contributed by atoms with Crippen LogP contribution < -0.4 is 10.1 Å². The Bertz CT molecular complexity index is 731. The zero-order valence-corrected chi connectivity index (χ0v) is 15.8. The minimum absolute atomic E-state index is 0.0626. The third kappa shape index (κ3) is 3.98. The van der Waals surface area contributed by atoms with Gasteiger partial charge in [-0.3, -0.25) is 4.79 Å². The van der Waals surface area contributed by atoms with E-state index in [0.717, 1.165) is 19.3 Å². The Morgan fingerprint density at radius 2 is 1.71 bits per heavy atom. The van der Waals surface area contributed by atoms with E-state index in [-0.39, 0.29) is 22.8 Å². The molecule has 5 nitrogen and oxygen atoms in total. The Kier molecular flexibility index (Phi) is 5.02. The van der Waals surface area contributed by atoms with Crippen molar-refractivity contribution in [3.8, 4) is 5.75 Å². The highest BCUT2D eigenvalue weighted by molar-refractivity contribution is 5.92. The van der Waals surface area contributed by atoms with Gasteiger partial charge in [0.2, 0.25) is 0 Å². The Hall–Kier alpha value is -2.18. The Balaban J connectivity index is 1.36. The topological polar surface area (TPSA) is 64.6 Å². The van der Waals surface area contributed by atoms with Crippen molar-refractivity contribution in [1.82, 2.24) is 5.32 Å². The van der Waals surface area contributed by atoms with E-state index in [2.05, 4.69) is 10.1 Å². The van der Waals surface area contributed by atoms with Crippen LogP contribution in [0.3, 0.4) is 0 Å². The summed E-state index contributed by atoms with van der Waals surface area (Å²) in [6.45, 7) is -1.44. The molecule has 0 spiro atoms. The molecule has 1 aromatic carbocycles. The molecule has 152 valence electrons. The van der Waals surface area contributed by atoms with Gasteiger partial charge in [-0.05, 0) is 81.4 Å². The number of hydrogen-bond donors (Lipinski definition) is 1. The summed E-state index contributed by atoms with van der Waals surface area (Å²) in [5, 5.41) is 3.18. The average molecular weight is 393 g/mol. The third-order valence-electron chi connectivity index (χ3n) is 6.37. The van der Waals surface area contributed by atoms with Gasteiger partial charge in [0.15, 0.2) is 6.10 Å². The molecule has 0 saturated heterocycles. The van der Waals surface area contributed by atoms with Crippen LogP contribution in [0.15, 0.2) is 24.3 Å². The minimum atomic E-state index is -2.98. The average Bonchev–Trinajstić information content (AvgIpc) is 2.59. The third-order valence-corrected chi connectivity index (χ3v) is 6.37. The van der Waals surface area contributed by atoms with Crippen molar-refractivity contribution in [3.63, 3.8) is 0 Å². The fraction of sp³-hybridized carbons (Fsp3) is 0.619. The van der Waals surface area contributed by atoms with Crippen LogP contribution >= 0.6 is 0 Å². The van der Waals surface area contributed by atoms with E-state index in [9.17, 15) is 18.4 Å². The van der Waals surface area contributed by atoms with Crippen LogP contribution in [0.1, 0.15) is 55.8 Å². The fourth-order valence-electron chi connectivity index (χ4n) is 5.71. The van der Waals surface area contributed by atoms with Crippen LogP contribution in [0.25, 0.3) is 0 Å². The SMILES string of the molecule is C[C@H](OC(=O)c1cccc(OC(F)F)c1)C(=O)NC12CC3CC(CC(C3)C1)C2. The molecular formula is C21H25F2NO4. The van der Waals surface area contributed by atoms with Gasteiger partial charge >= 0.3 is 12.6 Å². The molecule has 1 amide bonds. The van der Waals surface area contributed by atoms with Crippen LogP contribution in [-0.2, 0) is 9.53 Å². The van der Waals surface area contributed by atoms with E-state index in [4.69, 9.17) is 4.74 Å². The number of halogens is 2. The largest absolute Gasteiger partial charge is 0.449 e. The van der Waals surface area contributed by atoms with Gasteiger partial charge in [0, 0.05) is 5.54 Å². The van der Waals surface area contributed by atoms with Gasteiger partial charge in [-0.1, -0.05) is 6.07 Å². The van der Waals surface area contributed by atoms with E-state index in [1.54, 1.807) is 0 Å². The maximum atomic E-state index is 12.7. The zero-order chi connectivity index (χ0) is 19.9. The number of alkyl halides is 2. The molecule has 4 aliphatic rings. The van der Waals surface area contributed by atoms with E-state index < -0.39 is 18.7 Å². The van der Waals surface area contributed by atoms with E-state index >= 15 is 0 Å². The highest BCUT2D eigenvalue weighted by Crippen LogP contribution is 2.55. The summed E-state index contributed by atoms with van der Waals surface area (Å²) in [6, 6.07) is 5.36. The molecule has 28 heavy (non-hydrogen) atoms. The zero-order valence-electron chi connectivity index (χ0n) is 15.8. The summed E-state index contributed by atoms with van der Waals surface area (Å²) in [5.74, 6) is 0.921. The number of esters is 1. The lowest BCUT2D eigenvalue weighted by atomic mass is 9.53. The summed E-state index contributed by atoms with van der Waals surface area (Å²) in [4.78, 5) is 25.0. The predicted molar refractivity (Wildman–Crippen MR) is 97.0 cm³/mol. The Labute approximate surface area is 162 Å². The molecule has 4 aliphatic carbocycles. The Morgan fingerprint density at radius 1 is 1.11 bits per heavy atom. The van der Waals surface area contributed by atoms with Gasteiger partial charge in [0.1, 0.15) is 5.75 Å². The number of ether oxygens (including phenoxy) is 2. The molecule has 1 atom stereocenters. The molecule has 5 rings (SSSR count). The van der Waals surface area contributed by atoms with Crippen molar-refractivity contribution in [1.29, 1.82) is 0 Å². The maximum Gasteiger partial charge on any atom is 0.387 e. The lowest BCUT2D eigenvalue weighted by Gasteiger charge is -2.57. The quantitative estimate of drug-likeness (QED) is 0.744. The van der Waals surface area contributed by atoms with E-state index in [0.29, 0.717) is 17.8 Å². The summed E-state index contributed by atoms with van der Waals surface area (Å²) < 4.78 is 34.2. The maximum absolute atomic E-state index is 12.7. The first-order valence-electron chi connectivity index (χ1n) is 9.90. The highest BCUT2D eigenvalue weighted by Gasteiger charge is 2.51. The molecule has 0 aromatic heterocycles. The molecule has 0 unspecified atom stereocenters. The molecule has 4 saturated carbocycles. The molecule has 4 bridgehead atoms. The van der Waals surface area contributed by atoms with Crippen LogP contribution in [0.2, 0.25) is 0 Å². The van der Waals surface area contributed by atoms with Crippen molar-refractivity contribution in [3.05, 3.63) is 29.8 Å². The molecule has 0 radical (unpaired) electrons. The van der Waals surface area contributed by atoms with Gasteiger partial charge in [-0.15, -0.1) is 0 Å². The number of carbonyl (C=O) groups is 2. The highest BCUT2D eigenvalue weighted by atomic mass is 19.3. The smallest absolute Gasteiger partial charge is 0.387 e. The number of benzene rings is 1. The molecule has 0 heterocycles. The minimum Gasteiger partial charge on any atom is -0.449 e. The van der Waals surface area contributed by atoms with E-state index in [1.165, 1.54) is 50.5 Å². The number of nitrogens with one attached hydrogen (secondary N) is 1. The first-order chi connectivity index (χ1) is 13.3. The van der Waals surface area contributed by atoms with Crippen molar-refractivity contribution in [2.45, 2.75) is 63.7 Å². The van der Waals surface area contributed by atoms with Crippen molar-refractivity contribution < 1.29 is 27.8 Å². The standard InChI is InChI=1S/C21H25F2NO4/c1-12(27-19(26)16-3-2-4-17(8-16)28-20(22)23)18(25)24-21-9-13-5-14(10-21)7-15(6-13)11-21/h2-4,8,12-15,20H,5-7,9-11H2,1H3,(H,24,25)/t12-,13?,14?,15?,21?/m0/s1. The van der Waals surface area contributed by atoms with Gasteiger partial charge in [-0.25, -0.2) is 4.79 Å². The second kappa shape index (κ2) is 7.33. The summed E-state index contributed by atoms with van der Waals surface area (Å²) >= 11 is 0. The fourth-order valence-corrected chi connectivity index (χ4v) is 5.71. The van der Waals surface area contributed by atoms with Gasteiger partial charge < -0.3 is 14.8 Å². The summed E-state index contributed by atoms with van der Waals surface area (Å²) in [7, 11) is 0. The predicted octanol–water partition coefficient (Wildman–Crippen LogP) is 3.92. The van der Waals surface area contributed by atoms with Crippen molar-refractivity contribution >= 4 is 11.9 Å². The van der Waals surface area contributed by atoms with Gasteiger partial charge in [-0.2, -0.15) is 8.78 Å². The van der Waals surface area contributed by atoms with Crippen LogP contribution in [0.5, 0.6) is 5.75 Å². The summed E-state index contributed by atoms with van der Waals surface area (Å²) in [6.07, 6.45) is 5.90. The first kappa shape index (κ1) is 19.2. The van der Waals surface area contributed by atoms with Crippen LogP contribution in [-0.4, -0.2) is 30.1 Å². The number of carbonyl (C=O) groups excluding carboxylic acids is 2. The number of rotatable bonds is 6. The van der Waals surface area contributed by atoms with Crippen LogP contribution in [0, 0.1) is 17.8 Å². The lowest BCUT2D eigenvalue weighted by Crippen LogP contribution is -2.61. The number of hydrogen-bond acceptors (Lipinski definition) is 4. The molecule has 1 aromatic rings. The molecule has 7 heteroatoms. The second-order valence-electron chi connectivity index (χ2n) is 8.64. The van der Waals surface area contributed by atoms with Crippen molar-refractivity contribution in [2.24, 2.45) is 17.8 Å². The molecule has 1 N–H and O–H groups in total. The lowest BCUT2D eigenvalue weighted by molar-refractivity contribution is -0.134. The second-order valence-corrected chi connectivity index (χ2v) is 8.64.